The van der Waals surface area contributed by atoms with Gasteiger partial charge in [-0.25, -0.2) is 0 Å². The molecule has 0 atom stereocenters. The van der Waals surface area contributed by atoms with Crippen LogP contribution >= 0.6 is 7.60 Å². The van der Waals surface area contributed by atoms with E-state index in [9.17, 15) is 23.1 Å². The first-order valence-corrected chi connectivity index (χ1v) is 9.40. The summed E-state index contributed by atoms with van der Waals surface area (Å²) < 4.78 is 50.7. The van der Waals surface area contributed by atoms with E-state index in [1.54, 1.807) is 13.8 Å². The van der Waals surface area contributed by atoms with Crippen molar-refractivity contribution >= 4 is 23.4 Å². The average molecular weight is 353 g/mol. The summed E-state index contributed by atoms with van der Waals surface area (Å²) in [6, 6.07) is 4.69. The van der Waals surface area contributed by atoms with E-state index in [-0.39, 0.29) is 13.2 Å². The van der Waals surface area contributed by atoms with Crippen LogP contribution in [-0.4, -0.2) is 32.9 Å². The van der Waals surface area contributed by atoms with Crippen LogP contribution in [0.25, 0.3) is 0 Å². The Hall–Kier alpha value is -1.32. The lowest BCUT2D eigenvalue weighted by atomic mass is 10.3. The Balaban J connectivity index is 3.02. The number of hydrogen-bond acceptors (Lipinski definition) is 8. The maximum absolute atomic E-state index is 12.1. The van der Waals surface area contributed by atoms with Crippen LogP contribution in [0.3, 0.4) is 0 Å². The number of nitro benzene ring substituents is 1. The van der Waals surface area contributed by atoms with Gasteiger partial charge in [-0.05, 0) is 19.9 Å². The van der Waals surface area contributed by atoms with Crippen LogP contribution in [0, 0.1) is 10.1 Å². The summed E-state index contributed by atoms with van der Waals surface area (Å²) in [6.07, 6.45) is -0.858. The number of nitro groups is 1. The molecule has 0 spiro atoms. The molecule has 124 valence electrons. The fourth-order valence-electron chi connectivity index (χ4n) is 1.52. The van der Waals surface area contributed by atoms with Gasteiger partial charge in [0, 0.05) is 6.07 Å². The van der Waals surface area contributed by atoms with Gasteiger partial charge in [0.25, 0.3) is 5.69 Å². The largest absolute Gasteiger partial charge is 0.357 e. The Morgan fingerprint density at radius 2 is 1.73 bits per heavy atom. The molecule has 0 unspecified atom stereocenters. The van der Waals surface area contributed by atoms with Crippen molar-refractivity contribution in [2.45, 2.75) is 18.7 Å². The molecular formula is C11H16NO8PS. The number of nitrogens with zero attached hydrogens (tertiary/aromatic N) is 1. The maximum Gasteiger partial charge on any atom is 0.357 e. The second-order valence-electron chi connectivity index (χ2n) is 3.87. The average Bonchev–Trinajstić information content (AvgIpc) is 2.46. The van der Waals surface area contributed by atoms with Gasteiger partial charge in [-0.3, -0.25) is 18.9 Å². The van der Waals surface area contributed by atoms with E-state index in [0.717, 1.165) is 12.1 Å². The first kappa shape index (κ1) is 18.7. The van der Waals surface area contributed by atoms with Gasteiger partial charge in [-0.2, -0.15) is 8.42 Å². The zero-order valence-corrected chi connectivity index (χ0v) is 13.7. The molecule has 0 fully saturated rings. The molecule has 0 heterocycles. The Labute approximate surface area is 128 Å². The lowest BCUT2D eigenvalue weighted by molar-refractivity contribution is -0.387. The standard InChI is InChI=1S/C11H16NO8PS/c1-3-18-21(15,19-4-2)9-20-22(16,17)11-8-6-5-7-10(11)12(13)14/h5-8H,3-4,9H2,1-2H3. The highest BCUT2D eigenvalue weighted by atomic mass is 32.2. The van der Waals surface area contributed by atoms with Crippen molar-refractivity contribution in [3.05, 3.63) is 34.4 Å². The third-order valence-electron chi connectivity index (χ3n) is 2.35. The second kappa shape index (κ2) is 7.80. The van der Waals surface area contributed by atoms with Gasteiger partial charge < -0.3 is 9.05 Å². The van der Waals surface area contributed by atoms with E-state index >= 15 is 0 Å². The Bertz CT molecular complexity index is 664. The fraction of sp³-hybridized carbons (Fsp3) is 0.455. The van der Waals surface area contributed by atoms with Crippen LogP contribution in [0.15, 0.2) is 29.2 Å². The molecule has 0 bridgehead atoms. The molecule has 0 aromatic heterocycles. The first-order valence-electron chi connectivity index (χ1n) is 6.26. The lowest BCUT2D eigenvalue weighted by Gasteiger charge is -2.16. The smallest absolute Gasteiger partial charge is 0.307 e. The molecule has 1 aromatic rings. The molecule has 0 saturated heterocycles. The van der Waals surface area contributed by atoms with Crippen LogP contribution in [0.4, 0.5) is 5.69 Å². The van der Waals surface area contributed by atoms with E-state index in [2.05, 4.69) is 4.18 Å². The van der Waals surface area contributed by atoms with E-state index in [1.807, 2.05) is 0 Å². The van der Waals surface area contributed by atoms with Crippen molar-refractivity contribution in [2.24, 2.45) is 0 Å². The summed E-state index contributed by atoms with van der Waals surface area (Å²) >= 11 is 0. The normalized spacial score (nSPS) is 12.3. The Morgan fingerprint density at radius 1 is 1.18 bits per heavy atom. The van der Waals surface area contributed by atoms with Gasteiger partial charge in [-0.1, -0.05) is 12.1 Å². The molecule has 0 saturated carbocycles. The molecule has 11 heteroatoms. The number of para-hydroxylation sites is 1. The van der Waals surface area contributed by atoms with Crippen LogP contribution in [0.5, 0.6) is 0 Å². The minimum atomic E-state index is -4.48. The molecule has 22 heavy (non-hydrogen) atoms. The van der Waals surface area contributed by atoms with E-state index < -0.39 is 39.6 Å². The highest BCUT2D eigenvalue weighted by molar-refractivity contribution is 7.87. The minimum Gasteiger partial charge on any atom is -0.307 e. The van der Waals surface area contributed by atoms with E-state index in [1.165, 1.54) is 12.1 Å². The minimum absolute atomic E-state index is 0.0339. The van der Waals surface area contributed by atoms with Gasteiger partial charge in [0.15, 0.2) is 11.2 Å². The molecule has 0 aliphatic carbocycles. The van der Waals surface area contributed by atoms with Crippen LogP contribution in [0.1, 0.15) is 13.8 Å². The summed E-state index contributed by atoms with van der Waals surface area (Å²) in [7, 11) is -8.23. The van der Waals surface area contributed by atoms with Gasteiger partial charge in [0.1, 0.15) is 0 Å². The van der Waals surface area contributed by atoms with Gasteiger partial charge in [-0.15, -0.1) is 0 Å². The monoisotopic (exact) mass is 353 g/mol. The zero-order valence-electron chi connectivity index (χ0n) is 12.0. The van der Waals surface area contributed by atoms with E-state index in [0.29, 0.717) is 0 Å². The molecule has 0 N–H and O–H groups in total. The molecular weight excluding hydrogens is 337 g/mol. The summed E-state index contributed by atoms with van der Waals surface area (Å²) in [5.41, 5.74) is -0.634. The van der Waals surface area contributed by atoms with Crippen molar-refractivity contribution in [3.63, 3.8) is 0 Å². The number of hydrogen-bond donors (Lipinski definition) is 0. The summed E-state index contributed by atoms with van der Waals surface area (Å²) in [5.74, 6) is 0. The van der Waals surface area contributed by atoms with Crippen molar-refractivity contribution < 1.29 is 31.1 Å². The maximum atomic E-state index is 12.1. The van der Waals surface area contributed by atoms with Crippen molar-refractivity contribution in [1.29, 1.82) is 0 Å². The topological polar surface area (TPSA) is 122 Å². The van der Waals surface area contributed by atoms with Crippen LogP contribution in [-0.2, 0) is 27.9 Å². The van der Waals surface area contributed by atoms with E-state index in [4.69, 9.17) is 9.05 Å². The Morgan fingerprint density at radius 3 is 2.23 bits per heavy atom. The molecule has 0 radical (unpaired) electrons. The highest BCUT2D eigenvalue weighted by Crippen LogP contribution is 2.48. The predicted octanol–water partition coefficient (Wildman–Crippen LogP) is 2.52. The third-order valence-corrected chi connectivity index (χ3v) is 5.58. The van der Waals surface area contributed by atoms with Crippen molar-refractivity contribution in [2.75, 3.05) is 19.6 Å². The van der Waals surface area contributed by atoms with Gasteiger partial charge >= 0.3 is 17.7 Å². The van der Waals surface area contributed by atoms with Crippen molar-refractivity contribution in [3.8, 4) is 0 Å². The molecule has 1 aromatic carbocycles. The second-order valence-corrected chi connectivity index (χ2v) is 7.45. The van der Waals surface area contributed by atoms with Gasteiger partial charge in [0.2, 0.25) is 0 Å². The van der Waals surface area contributed by atoms with Crippen molar-refractivity contribution in [1.82, 2.24) is 0 Å². The number of rotatable bonds is 9. The third kappa shape index (κ3) is 4.85. The fourth-order valence-corrected chi connectivity index (χ4v) is 4.37. The molecule has 0 amide bonds. The quantitative estimate of drug-likeness (QED) is 0.287. The molecule has 1 rings (SSSR count). The van der Waals surface area contributed by atoms with Gasteiger partial charge in [0.05, 0.1) is 18.1 Å². The van der Waals surface area contributed by atoms with Crippen LogP contribution in [0.2, 0.25) is 0 Å². The number of benzene rings is 1. The van der Waals surface area contributed by atoms with Crippen LogP contribution < -0.4 is 0 Å². The molecule has 0 aliphatic heterocycles. The highest BCUT2D eigenvalue weighted by Gasteiger charge is 2.31. The zero-order chi connectivity index (χ0) is 16.8. The summed E-state index contributed by atoms with van der Waals surface area (Å²) in [5, 5.41) is 10.9. The molecule has 0 aliphatic rings. The summed E-state index contributed by atoms with van der Waals surface area (Å²) in [4.78, 5) is 9.38. The SMILES string of the molecule is CCOP(=O)(COS(=O)(=O)c1ccccc1[N+](=O)[O-])OCC. The summed E-state index contributed by atoms with van der Waals surface area (Å²) in [6.45, 7) is 3.18. The Kier molecular flexibility index (Phi) is 6.64. The molecule has 9 nitrogen and oxygen atoms in total. The first-order chi connectivity index (χ1) is 10.3. The lowest BCUT2D eigenvalue weighted by Crippen LogP contribution is -2.12. The predicted molar refractivity (Wildman–Crippen MR) is 77.1 cm³/mol.